The van der Waals surface area contributed by atoms with E-state index in [2.05, 4.69) is 12.6 Å². The average molecular weight is 174 g/mol. The number of nitriles is 1. The minimum absolute atomic E-state index is 0. The van der Waals surface area contributed by atoms with Crippen LogP contribution >= 0.6 is 12.6 Å². The minimum atomic E-state index is 0. The van der Waals surface area contributed by atoms with Gasteiger partial charge in [-0.3, -0.25) is 0 Å². The van der Waals surface area contributed by atoms with Crippen LogP contribution < -0.4 is 5.73 Å². The van der Waals surface area contributed by atoms with Crippen molar-refractivity contribution < 1.29 is 0 Å². The quantitative estimate of drug-likeness (QED) is 0.347. The van der Waals surface area contributed by atoms with Gasteiger partial charge in [0, 0.05) is 10.6 Å². The molecular formula is C7H7N2NaS. The van der Waals surface area contributed by atoms with Gasteiger partial charge in [0.05, 0.1) is 11.6 Å². The van der Waals surface area contributed by atoms with Gasteiger partial charge in [-0.1, -0.05) is 0 Å². The number of rotatable bonds is 0. The predicted octanol–water partition coefficient (Wildman–Crippen LogP) is 0.781. The first-order chi connectivity index (χ1) is 4.74. The van der Waals surface area contributed by atoms with Crippen LogP contribution in [-0.4, -0.2) is 29.6 Å². The molecule has 52 valence electrons. The molecule has 0 saturated heterocycles. The summed E-state index contributed by atoms with van der Waals surface area (Å²) in [6, 6.07) is 6.97. The second-order valence-electron chi connectivity index (χ2n) is 1.89. The summed E-state index contributed by atoms with van der Waals surface area (Å²) in [7, 11) is 0. The Hall–Kier alpha value is -0.140. The summed E-state index contributed by atoms with van der Waals surface area (Å²) in [6.07, 6.45) is 0. The van der Waals surface area contributed by atoms with E-state index in [1.807, 2.05) is 6.07 Å². The van der Waals surface area contributed by atoms with Crippen LogP contribution in [0.3, 0.4) is 0 Å². The maximum absolute atomic E-state index is 8.42. The summed E-state index contributed by atoms with van der Waals surface area (Å²) in [5.41, 5.74) is 6.58. The zero-order valence-electron chi connectivity index (χ0n) is 5.20. The standard InChI is InChI=1S/C7H6N2S.Na.H/c8-4-5-1-2-7(10)6(9)3-5;;/h1-3,10H,9H2;;. The van der Waals surface area contributed by atoms with E-state index in [-0.39, 0.29) is 29.6 Å². The van der Waals surface area contributed by atoms with Gasteiger partial charge in [0.25, 0.3) is 0 Å². The topological polar surface area (TPSA) is 49.8 Å². The molecule has 2 N–H and O–H groups in total. The van der Waals surface area contributed by atoms with Crippen molar-refractivity contribution in [2.24, 2.45) is 0 Å². The van der Waals surface area contributed by atoms with Gasteiger partial charge in [0.2, 0.25) is 0 Å². The van der Waals surface area contributed by atoms with E-state index in [1.54, 1.807) is 18.2 Å². The number of thiol groups is 1. The van der Waals surface area contributed by atoms with Gasteiger partial charge in [-0.05, 0) is 18.2 Å². The van der Waals surface area contributed by atoms with E-state index in [9.17, 15) is 0 Å². The van der Waals surface area contributed by atoms with Gasteiger partial charge in [-0.15, -0.1) is 12.6 Å². The zero-order valence-corrected chi connectivity index (χ0v) is 6.10. The molecule has 1 aromatic carbocycles. The van der Waals surface area contributed by atoms with E-state index < -0.39 is 0 Å². The van der Waals surface area contributed by atoms with Gasteiger partial charge in [0.1, 0.15) is 0 Å². The Balaban J connectivity index is 0.000001000. The van der Waals surface area contributed by atoms with E-state index in [0.717, 1.165) is 0 Å². The Kier molecular flexibility index (Phi) is 4.62. The first kappa shape index (κ1) is 10.9. The summed E-state index contributed by atoms with van der Waals surface area (Å²) in [5.74, 6) is 0. The number of nitrogens with zero attached hydrogens (tertiary/aromatic N) is 1. The molecule has 0 aliphatic heterocycles. The normalized spacial score (nSPS) is 8.00. The molecule has 4 heteroatoms. The second kappa shape index (κ2) is 4.68. The fourth-order valence-electron chi connectivity index (χ4n) is 0.624. The van der Waals surface area contributed by atoms with Crippen molar-refractivity contribution in [1.29, 1.82) is 5.26 Å². The van der Waals surface area contributed by atoms with E-state index in [0.29, 0.717) is 16.1 Å². The molecule has 0 bridgehead atoms. The number of anilines is 1. The third-order valence-electron chi connectivity index (χ3n) is 1.16. The number of hydrogen-bond acceptors (Lipinski definition) is 3. The van der Waals surface area contributed by atoms with Crippen LogP contribution in [0, 0.1) is 11.3 Å². The van der Waals surface area contributed by atoms with Gasteiger partial charge in [-0.2, -0.15) is 5.26 Å². The van der Waals surface area contributed by atoms with Crippen LogP contribution in [0.25, 0.3) is 0 Å². The Bertz CT molecular complexity index is 293. The number of nitrogens with two attached hydrogens (primary N) is 1. The summed E-state index contributed by atoms with van der Waals surface area (Å²) >= 11 is 4.05. The van der Waals surface area contributed by atoms with Gasteiger partial charge in [0.15, 0.2) is 0 Å². The van der Waals surface area contributed by atoms with Crippen LogP contribution in [0.15, 0.2) is 23.1 Å². The van der Waals surface area contributed by atoms with E-state index in [1.165, 1.54) is 0 Å². The fraction of sp³-hybridized carbons (Fsp3) is 0. The SMILES string of the molecule is N#Cc1ccc(S)c(N)c1.[NaH]. The molecule has 0 radical (unpaired) electrons. The third-order valence-corrected chi connectivity index (χ3v) is 1.56. The molecule has 0 heterocycles. The van der Waals surface area contributed by atoms with Crippen molar-refractivity contribution in [3.05, 3.63) is 23.8 Å². The first-order valence-corrected chi connectivity index (χ1v) is 3.17. The van der Waals surface area contributed by atoms with Crippen LogP contribution in [-0.2, 0) is 0 Å². The summed E-state index contributed by atoms with van der Waals surface area (Å²) < 4.78 is 0. The molecule has 0 amide bonds. The Morgan fingerprint density at radius 2 is 2.09 bits per heavy atom. The number of benzene rings is 1. The average Bonchev–Trinajstić information content (AvgIpc) is 1.95. The van der Waals surface area contributed by atoms with Gasteiger partial charge in [-0.25, -0.2) is 0 Å². The molecule has 0 atom stereocenters. The molecule has 0 aromatic heterocycles. The fourth-order valence-corrected chi connectivity index (χ4v) is 0.763. The summed E-state index contributed by atoms with van der Waals surface area (Å²) in [6.45, 7) is 0. The molecule has 11 heavy (non-hydrogen) atoms. The molecule has 0 aliphatic carbocycles. The van der Waals surface area contributed by atoms with Crippen molar-refractivity contribution in [3.8, 4) is 6.07 Å². The molecular weight excluding hydrogens is 167 g/mol. The molecule has 0 aliphatic rings. The van der Waals surface area contributed by atoms with Crippen LogP contribution in [0.4, 0.5) is 5.69 Å². The molecule has 2 nitrogen and oxygen atoms in total. The summed E-state index contributed by atoms with van der Waals surface area (Å²) in [5, 5.41) is 8.42. The Morgan fingerprint density at radius 3 is 2.55 bits per heavy atom. The van der Waals surface area contributed by atoms with Crippen LogP contribution in [0.5, 0.6) is 0 Å². The van der Waals surface area contributed by atoms with Gasteiger partial charge >= 0.3 is 29.6 Å². The monoisotopic (exact) mass is 174 g/mol. The molecule has 0 unspecified atom stereocenters. The molecule has 0 spiro atoms. The number of hydrogen-bond donors (Lipinski definition) is 2. The van der Waals surface area contributed by atoms with Crippen LogP contribution in [0.1, 0.15) is 5.56 Å². The second-order valence-corrected chi connectivity index (χ2v) is 2.37. The number of nitrogen functional groups attached to an aromatic ring is 1. The third kappa shape index (κ3) is 2.76. The zero-order chi connectivity index (χ0) is 7.56. The molecule has 1 rings (SSSR count). The van der Waals surface area contributed by atoms with Crippen molar-refractivity contribution in [2.45, 2.75) is 4.90 Å². The first-order valence-electron chi connectivity index (χ1n) is 2.72. The molecule has 0 fully saturated rings. The molecule has 1 aromatic rings. The predicted molar refractivity (Wildman–Crippen MR) is 50.0 cm³/mol. The van der Waals surface area contributed by atoms with Crippen molar-refractivity contribution in [3.63, 3.8) is 0 Å². The van der Waals surface area contributed by atoms with Crippen molar-refractivity contribution in [1.82, 2.24) is 0 Å². The molecule has 0 saturated carbocycles. The van der Waals surface area contributed by atoms with Crippen molar-refractivity contribution in [2.75, 3.05) is 5.73 Å². The Morgan fingerprint density at radius 1 is 1.45 bits per heavy atom. The van der Waals surface area contributed by atoms with Crippen molar-refractivity contribution >= 4 is 47.9 Å². The van der Waals surface area contributed by atoms with Gasteiger partial charge < -0.3 is 5.73 Å². The van der Waals surface area contributed by atoms with Crippen LogP contribution in [0.2, 0.25) is 0 Å². The van der Waals surface area contributed by atoms with E-state index in [4.69, 9.17) is 11.0 Å². The van der Waals surface area contributed by atoms with E-state index >= 15 is 0 Å². The Labute approximate surface area is 93.1 Å². The summed E-state index contributed by atoms with van der Waals surface area (Å²) in [4.78, 5) is 0.707. The maximum atomic E-state index is 8.42.